The number of benzene rings is 2. The smallest absolute Gasteiger partial charge is 0.416 e. The summed E-state index contributed by atoms with van der Waals surface area (Å²) in [7, 11) is 1.12. The van der Waals surface area contributed by atoms with Crippen molar-refractivity contribution in [1.82, 2.24) is 0 Å². The molecule has 0 N–H and O–H groups in total. The van der Waals surface area contributed by atoms with Gasteiger partial charge in [0.1, 0.15) is 0 Å². The molecule has 0 bridgehead atoms. The lowest BCUT2D eigenvalue weighted by molar-refractivity contribution is -0.255. The van der Waals surface area contributed by atoms with Crippen molar-refractivity contribution in [2.45, 2.75) is 13.1 Å². The van der Waals surface area contributed by atoms with E-state index in [4.69, 9.17) is 4.74 Å². The molecule has 0 aliphatic carbocycles. The highest BCUT2D eigenvalue weighted by molar-refractivity contribution is 6.23. The third-order valence-corrected chi connectivity index (χ3v) is 4.68. The quantitative estimate of drug-likeness (QED) is 0.550. The van der Waals surface area contributed by atoms with E-state index >= 15 is 0 Å². The van der Waals surface area contributed by atoms with Crippen molar-refractivity contribution < 1.29 is 37.4 Å². The Morgan fingerprint density at radius 3 is 2.29 bits per heavy atom. The zero-order chi connectivity index (χ0) is 22.9. The Morgan fingerprint density at radius 2 is 1.74 bits per heavy atom. The summed E-state index contributed by atoms with van der Waals surface area (Å²) in [6, 6.07) is 9.51. The molecular weight excluding hydrogens is 415 g/mol. The predicted molar refractivity (Wildman–Crippen MR) is 102 cm³/mol. The van der Waals surface area contributed by atoms with Gasteiger partial charge in [0.25, 0.3) is 5.91 Å². The van der Waals surface area contributed by atoms with Crippen LogP contribution >= 0.6 is 0 Å². The number of allylic oxidation sites excluding steroid dienone is 1. The highest BCUT2D eigenvalue weighted by Gasteiger charge is 2.39. The molecule has 0 atom stereocenters. The second-order valence-electron chi connectivity index (χ2n) is 6.61. The minimum atomic E-state index is -4.61. The first-order valence-corrected chi connectivity index (χ1v) is 8.89. The first-order chi connectivity index (χ1) is 14.5. The van der Waals surface area contributed by atoms with Crippen LogP contribution in [-0.2, 0) is 20.5 Å². The van der Waals surface area contributed by atoms with Crippen molar-refractivity contribution in [2.24, 2.45) is 0 Å². The Morgan fingerprint density at radius 1 is 1.10 bits per heavy atom. The molecule has 1 aliphatic rings. The van der Waals surface area contributed by atoms with Crippen LogP contribution in [-0.4, -0.2) is 25.0 Å². The number of amides is 1. The van der Waals surface area contributed by atoms with E-state index in [1.807, 2.05) is 0 Å². The summed E-state index contributed by atoms with van der Waals surface area (Å²) in [5.74, 6) is -2.93. The van der Waals surface area contributed by atoms with E-state index < -0.39 is 29.6 Å². The number of carbonyl (C=O) groups is 3. The molecule has 1 heterocycles. The fraction of sp³-hybridized carbons (Fsp3) is 0.136. The maximum atomic E-state index is 13.1. The minimum Gasteiger partial charge on any atom is -0.545 e. The first-order valence-electron chi connectivity index (χ1n) is 8.89. The summed E-state index contributed by atoms with van der Waals surface area (Å²) in [4.78, 5) is 37.4. The second-order valence-corrected chi connectivity index (χ2v) is 6.61. The van der Waals surface area contributed by atoms with E-state index in [0.29, 0.717) is 5.56 Å². The number of nitrogens with zero attached hydrogens (tertiary/aromatic N) is 1. The van der Waals surface area contributed by atoms with Gasteiger partial charge in [-0.05, 0) is 42.3 Å². The second kappa shape index (κ2) is 8.10. The van der Waals surface area contributed by atoms with Crippen LogP contribution in [0.5, 0.6) is 0 Å². The largest absolute Gasteiger partial charge is 0.545 e. The van der Waals surface area contributed by atoms with Gasteiger partial charge in [-0.2, -0.15) is 13.2 Å². The first kappa shape index (κ1) is 21.8. The normalized spacial score (nSPS) is 15.6. The molecule has 3 rings (SSSR count). The monoisotopic (exact) mass is 430 g/mol. The summed E-state index contributed by atoms with van der Waals surface area (Å²) in [6.07, 6.45) is -3.27. The third-order valence-electron chi connectivity index (χ3n) is 4.68. The number of carboxylic acids is 1. The van der Waals surface area contributed by atoms with Crippen LogP contribution in [0, 0.1) is 0 Å². The van der Waals surface area contributed by atoms with E-state index in [1.165, 1.54) is 43.3 Å². The number of ether oxygens (including phenoxy) is 1. The topological polar surface area (TPSA) is 86.7 Å². The number of alkyl halides is 3. The van der Waals surface area contributed by atoms with Gasteiger partial charge in [-0.3, -0.25) is 9.69 Å². The fourth-order valence-electron chi connectivity index (χ4n) is 3.19. The van der Waals surface area contributed by atoms with Crippen LogP contribution in [0.1, 0.15) is 28.4 Å². The van der Waals surface area contributed by atoms with Gasteiger partial charge >= 0.3 is 12.1 Å². The Balaban J connectivity index is 2.11. The molecule has 1 amide bonds. The number of aromatic carboxylic acids is 1. The molecule has 1 aliphatic heterocycles. The SMILES string of the molecule is COC(=O)C1=C(C)N(c2cccc(C(F)(F)F)c2)C(=O)/C1=C\c1ccc(C(=O)[O-])cc1. The summed E-state index contributed by atoms with van der Waals surface area (Å²) in [5.41, 5.74) is -0.778. The van der Waals surface area contributed by atoms with Gasteiger partial charge in [0.05, 0.1) is 29.8 Å². The van der Waals surface area contributed by atoms with Crippen molar-refractivity contribution in [3.8, 4) is 0 Å². The van der Waals surface area contributed by atoms with E-state index in [1.54, 1.807) is 0 Å². The van der Waals surface area contributed by atoms with Gasteiger partial charge in [0, 0.05) is 11.4 Å². The lowest BCUT2D eigenvalue weighted by atomic mass is 10.0. The summed E-state index contributed by atoms with van der Waals surface area (Å²) < 4.78 is 44.1. The molecule has 0 radical (unpaired) electrons. The van der Waals surface area contributed by atoms with Gasteiger partial charge in [0.15, 0.2) is 0 Å². The van der Waals surface area contributed by atoms with E-state index in [9.17, 15) is 32.7 Å². The molecule has 0 saturated carbocycles. The number of rotatable bonds is 4. The molecule has 160 valence electrons. The highest BCUT2D eigenvalue weighted by atomic mass is 19.4. The lowest BCUT2D eigenvalue weighted by Gasteiger charge is -2.19. The van der Waals surface area contributed by atoms with Gasteiger partial charge in [-0.15, -0.1) is 0 Å². The molecule has 0 saturated heterocycles. The molecule has 2 aromatic rings. The molecule has 0 aromatic heterocycles. The highest BCUT2D eigenvalue weighted by Crippen LogP contribution is 2.38. The number of hydrogen-bond donors (Lipinski definition) is 0. The number of methoxy groups -OCH3 is 1. The molecule has 6 nitrogen and oxygen atoms in total. The van der Waals surface area contributed by atoms with Crippen LogP contribution in [0.4, 0.5) is 18.9 Å². The van der Waals surface area contributed by atoms with Crippen LogP contribution in [0.3, 0.4) is 0 Å². The zero-order valence-corrected chi connectivity index (χ0v) is 16.3. The van der Waals surface area contributed by atoms with Crippen LogP contribution in [0.2, 0.25) is 0 Å². The molecule has 9 heteroatoms. The molecular formula is C22H15F3NO5-. The molecule has 0 unspecified atom stereocenters. The van der Waals surface area contributed by atoms with Gasteiger partial charge in [-0.1, -0.05) is 30.3 Å². The van der Waals surface area contributed by atoms with Crippen molar-refractivity contribution >= 4 is 29.6 Å². The Labute approximate surface area is 174 Å². The summed E-state index contributed by atoms with van der Waals surface area (Å²) in [6.45, 7) is 1.42. The van der Waals surface area contributed by atoms with Gasteiger partial charge in [-0.25, -0.2) is 4.79 Å². The van der Waals surface area contributed by atoms with Crippen molar-refractivity contribution in [2.75, 3.05) is 12.0 Å². The van der Waals surface area contributed by atoms with Gasteiger partial charge < -0.3 is 14.6 Å². The van der Waals surface area contributed by atoms with Crippen molar-refractivity contribution in [3.63, 3.8) is 0 Å². The number of carbonyl (C=O) groups excluding carboxylic acids is 3. The van der Waals surface area contributed by atoms with E-state index in [-0.39, 0.29) is 28.1 Å². The van der Waals surface area contributed by atoms with Crippen molar-refractivity contribution in [1.29, 1.82) is 0 Å². The number of esters is 1. The maximum Gasteiger partial charge on any atom is 0.416 e. The standard InChI is InChI=1S/C22H16F3NO5/c1-12-18(21(30)31-2)17(10-13-6-8-14(9-7-13)20(28)29)19(27)26(12)16-5-3-4-15(11-16)22(23,24)25/h3-11H,1-2H3,(H,28,29)/p-1/b17-10-. The lowest BCUT2D eigenvalue weighted by Crippen LogP contribution is -2.25. The maximum absolute atomic E-state index is 13.1. The van der Waals surface area contributed by atoms with E-state index in [2.05, 4.69) is 0 Å². The minimum absolute atomic E-state index is 0.0607. The summed E-state index contributed by atoms with van der Waals surface area (Å²) >= 11 is 0. The average molecular weight is 430 g/mol. The predicted octanol–water partition coefficient (Wildman–Crippen LogP) is 2.95. The molecule has 2 aromatic carbocycles. The average Bonchev–Trinajstić information content (AvgIpc) is 2.97. The zero-order valence-electron chi connectivity index (χ0n) is 16.3. The van der Waals surface area contributed by atoms with E-state index in [0.717, 1.165) is 30.2 Å². The number of anilines is 1. The molecule has 0 spiro atoms. The van der Waals surface area contributed by atoms with Crippen LogP contribution in [0.25, 0.3) is 6.08 Å². The Bertz CT molecular complexity index is 1130. The Kier molecular flexibility index (Phi) is 5.70. The van der Waals surface area contributed by atoms with Crippen LogP contribution in [0.15, 0.2) is 65.4 Å². The number of halogens is 3. The fourth-order valence-corrected chi connectivity index (χ4v) is 3.19. The van der Waals surface area contributed by atoms with Crippen LogP contribution < -0.4 is 10.0 Å². The molecule has 0 fully saturated rings. The summed E-state index contributed by atoms with van der Waals surface area (Å²) in [5, 5.41) is 10.9. The third kappa shape index (κ3) is 4.20. The number of carboxylic acid groups (broad SMARTS) is 1. The Hall–Kier alpha value is -3.88. The number of hydrogen-bond acceptors (Lipinski definition) is 5. The molecule has 31 heavy (non-hydrogen) atoms. The van der Waals surface area contributed by atoms with Gasteiger partial charge in [0.2, 0.25) is 0 Å². The van der Waals surface area contributed by atoms with Crippen molar-refractivity contribution in [3.05, 3.63) is 82.1 Å².